The van der Waals surface area contributed by atoms with E-state index in [4.69, 9.17) is 0 Å². The minimum Gasteiger partial charge on any atom is -0.358 e. The fourth-order valence-corrected chi connectivity index (χ4v) is 3.77. The number of aromatic nitrogens is 1. The van der Waals surface area contributed by atoms with Crippen molar-refractivity contribution in [3.63, 3.8) is 0 Å². The Bertz CT molecular complexity index is 1100. The van der Waals surface area contributed by atoms with Gasteiger partial charge in [0.15, 0.2) is 5.78 Å². The smallest absolute Gasteiger partial charge is 0.332 e. The molecule has 1 aromatic heterocycles. The van der Waals surface area contributed by atoms with E-state index in [0.29, 0.717) is 11.3 Å². The van der Waals surface area contributed by atoms with Crippen molar-refractivity contribution < 1.29 is 14.4 Å². The summed E-state index contributed by atoms with van der Waals surface area (Å²) in [4.78, 5) is 44.3. The third-order valence-corrected chi connectivity index (χ3v) is 5.23. The number of Topliss-reactive ketones (excluding diaryl/α,β-unsaturated/α-hetero) is 1. The molecule has 1 saturated heterocycles. The summed E-state index contributed by atoms with van der Waals surface area (Å²) < 4.78 is 0. The summed E-state index contributed by atoms with van der Waals surface area (Å²) in [6.07, 6.45) is 0. The molecule has 142 valence electrons. The Morgan fingerprint density at radius 3 is 2.43 bits per heavy atom. The molecule has 6 nitrogen and oxygen atoms in total. The first-order chi connectivity index (χ1) is 13.4. The van der Waals surface area contributed by atoms with E-state index in [1.165, 1.54) is 4.90 Å². The number of benzene rings is 2. The fourth-order valence-electron chi connectivity index (χ4n) is 3.77. The lowest BCUT2D eigenvalue weighted by Crippen LogP contribution is -2.37. The number of urea groups is 1. The molecule has 28 heavy (non-hydrogen) atoms. The number of rotatable bonds is 4. The third-order valence-electron chi connectivity index (χ3n) is 5.23. The van der Waals surface area contributed by atoms with Crippen LogP contribution in [0.25, 0.3) is 10.9 Å². The van der Waals surface area contributed by atoms with Crippen LogP contribution >= 0.6 is 0 Å². The number of carbonyl (C=O) groups is 3. The third kappa shape index (κ3) is 2.78. The van der Waals surface area contributed by atoms with Gasteiger partial charge in [0.25, 0.3) is 5.91 Å². The van der Waals surface area contributed by atoms with Crippen molar-refractivity contribution in [2.24, 2.45) is 0 Å². The van der Waals surface area contributed by atoms with E-state index in [2.05, 4.69) is 4.98 Å². The van der Waals surface area contributed by atoms with Gasteiger partial charge in [-0.05, 0) is 39.0 Å². The number of nitrogens with one attached hydrogen (secondary N) is 1. The van der Waals surface area contributed by atoms with Crippen LogP contribution in [-0.2, 0) is 4.79 Å². The molecule has 2 heterocycles. The first kappa shape index (κ1) is 18.0. The van der Waals surface area contributed by atoms with Crippen molar-refractivity contribution >= 4 is 34.3 Å². The highest BCUT2D eigenvalue weighted by Crippen LogP contribution is 2.28. The highest BCUT2D eigenvalue weighted by molar-refractivity contribution is 6.18. The Morgan fingerprint density at radius 2 is 1.71 bits per heavy atom. The van der Waals surface area contributed by atoms with Gasteiger partial charge in [0.2, 0.25) is 0 Å². The van der Waals surface area contributed by atoms with E-state index >= 15 is 0 Å². The molecule has 0 unspecified atom stereocenters. The van der Waals surface area contributed by atoms with Crippen LogP contribution in [0.4, 0.5) is 10.5 Å². The number of H-pyrrole nitrogens is 1. The molecular weight excluding hydrogens is 354 g/mol. The van der Waals surface area contributed by atoms with Gasteiger partial charge >= 0.3 is 6.03 Å². The van der Waals surface area contributed by atoms with Gasteiger partial charge in [0, 0.05) is 27.8 Å². The Hall–Kier alpha value is -3.41. The number of fused-ring (bicyclic) bond motifs is 1. The summed E-state index contributed by atoms with van der Waals surface area (Å²) in [6.45, 7) is 5.19. The van der Waals surface area contributed by atoms with Gasteiger partial charge in [0.1, 0.15) is 6.04 Å². The number of nitrogens with zero attached hydrogens (tertiary/aromatic N) is 2. The van der Waals surface area contributed by atoms with Crippen molar-refractivity contribution in [1.29, 1.82) is 0 Å². The quantitative estimate of drug-likeness (QED) is 0.556. The highest BCUT2D eigenvalue weighted by Gasteiger charge is 2.44. The molecular formula is C22H21N3O3. The van der Waals surface area contributed by atoms with Gasteiger partial charge in [-0.15, -0.1) is 0 Å². The zero-order valence-electron chi connectivity index (χ0n) is 16.0. The van der Waals surface area contributed by atoms with Crippen LogP contribution in [0.15, 0.2) is 48.5 Å². The average molecular weight is 375 g/mol. The molecule has 1 aliphatic rings. The molecule has 3 amide bonds. The maximum atomic E-state index is 13.0. The molecule has 0 bridgehead atoms. The van der Waals surface area contributed by atoms with Gasteiger partial charge < -0.3 is 4.98 Å². The van der Waals surface area contributed by atoms with Crippen LogP contribution in [-0.4, -0.2) is 40.2 Å². The van der Waals surface area contributed by atoms with Crippen LogP contribution in [0.2, 0.25) is 0 Å². The van der Waals surface area contributed by atoms with Crippen LogP contribution in [0.3, 0.4) is 0 Å². The molecule has 0 saturated carbocycles. The Kier molecular flexibility index (Phi) is 4.26. The fraction of sp³-hybridized carbons (Fsp3) is 0.227. The summed E-state index contributed by atoms with van der Waals surface area (Å²) in [5, 5.41) is 0.799. The number of para-hydroxylation sites is 1. The number of hydrogen-bond donors (Lipinski definition) is 1. The SMILES string of the molecule is Cc1ccc(N2C(=O)N(CC(=O)c3c(C)[nH]c4ccccc34)C(=O)[C@@H]2C)cc1. The van der Waals surface area contributed by atoms with Crippen molar-refractivity contribution in [2.45, 2.75) is 26.8 Å². The van der Waals surface area contributed by atoms with Crippen LogP contribution < -0.4 is 4.90 Å². The molecule has 1 fully saturated rings. The average Bonchev–Trinajstić information content (AvgIpc) is 3.11. The van der Waals surface area contributed by atoms with Crippen LogP contribution in [0.1, 0.15) is 28.5 Å². The van der Waals surface area contributed by atoms with Crippen molar-refractivity contribution in [2.75, 3.05) is 11.4 Å². The Labute approximate surface area is 162 Å². The number of amides is 3. The molecule has 2 aromatic carbocycles. The van der Waals surface area contributed by atoms with Crippen LogP contribution in [0, 0.1) is 13.8 Å². The van der Waals surface area contributed by atoms with E-state index in [9.17, 15) is 14.4 Å². The molecule has 0 spiro atoms. The van der Waals surface area contributed by atoms with Crippen molar-refractivity contribution in [3.8, 4) is 0 Å². The number of anilines is 1. The normalized spacial score (nSPS) is 17.0. The molecule has 0 radical (unpaired) electrons. The van der Waals surface area contributed by atoms with Gasteiger partial charge in [-0.2, -0.15) is 0 Å². The Balaban J connectivity index is 1.63. The molecule has 1 N–H and O–H groups in total. The topological polar surface area (TPSA) is 73.5 Å². The predicted octanol–water partition coefficient (Wildman–Crippen LogP) is 3.82. The number of hydrogen-bond acceptors (Lipinski definition) is 3. The monoisotopic (exact) mass is 375 g/mol. The van der Waals surface area contributed by atoms with Crippen molar-refractivity contribution in [1.82, 2.24) is 9.88 Å². The van der Waals surface area contributed by atoms with Gasteiger partial charge in [0.05, 0.1) is 6.54 Å². The molecule has 6 heteroatoms. The van der Waals surface area contributed by atoms with E-state index < -0.39 is 12.1 Å². The summed E-state index contributed by atoms with van der Waals surface area (Å²) in [5.41, 5.74) is 3.83. The maximum absolute atomic E-state index is 13.0. The zero-order chi connectivity index (χ0) is 20.0. The number of carbonyl (C=O) groups excluding carboxylic acids is 3. The second kappa shape index (κ2) is 6.64. The summed E-state index contributed by atoms with van der Waals surface area (Å²) in [5.74, 6) is -0.619. The zero-order valence-corrected chi connectivity index (χ0v) is 16.0. The lowest BCUT2D eigenvalue weighted by Gasteiger charge is -2.19. The van der Waals surface area contributed by atoms with Gasteiger partial charge in [-0.3, -0.25) is 19.4 Å². The predicted molar refractivity (Wildman–Crippen MR) is 108 cm³/mol. The molecule has 1 atom stereocenters. The van der Waals surface area contributed by atoms with Crippen molar-refractivity contribution in [3.05, 3.63) is 65.4 Å². The number of ketones is 1. The van der Waals surface area contributed by atoms with E-state index in [-0.39, 0.29) is 18.2 Å². The number of aryl methyl sites for hydroxylation is 2. The first-order valence-corrected chi connectivity index (χ1v) is 9.20. The van der Waals surface area contributed by atoms with Gasteiger partial charge in [-0.25, -0.2) is 4.79 Å². The standard InChI is InChI=1S/C22H21N3O3/c1-13-8-10-16(11-9-13)25-15(3)21(27)24(22(25)28)12-19(26)20-14(2)23-18-7-5-4-6-17(18)20/h4-11,15,23H,12H2,1-3H3/t15-/m0/s1. The van der Waals surface area contributed by atoms with E-state index in [1.807, 2.05) is 62.4 Å². The molecule has 3 aromatic rings. The first-order valence-electron chi connectivity index (χ1n) is 9.20. The maximum Gasteiger partial charge on any atom is 0.332 e. The number of imide groups is 1. The number of aromatic amines is 1. The van der Waals surface area contributed by atoms with E-state index in [0.717, 1.165) is 27.1 Å². The second-order valence-corrected chi connectivity index (χ2v) is 7.18. The van der Waals surface area contributed by atoms with Crippen LogP contribution in [0.5, 0.6) is 0 Å². The molecule has 1 aliphatic heterocycles. The molecule has 0 aliphatic carbocycles. The largest absolute Gasteiger partial charge is 0.358 e. The Morgan fingerprint density at radius 1 is 1.04 bits per heavy atom. The second-order valence-electron chi connectivity index (χ2n) is 7.18. The summed E-state index contributed by atoms with van der Waals surface area (Å²) >= 11 is 0. The lowest BCUT2D eigenvalue weighted by molar-refractivity contribution is -0.126. The highest BCUT2D eigenvalue weighted by atomic mass is 16.2. The minimum absolute atomic E-state index is 0.255. The summed E-state index contributed by atoms with van der Waals surface area (Å²) in [6, 6.07) is 13.8. The molecule has 4 rings (SSSR count). The lowest BCUT2D eigenvalue weighted by atomic mass is 10.1. The minimum atomic E-state index is -0.646. The van der Waals surface area contributed by atoms with E-state index in [1.54, 1.807) is 6.92 Å². The van der Waals surface area contributed by atoms with Gasteiger partial charge in [-0.1, -0.05) is 35.9 Å². The summed E-state index contributed by atoms with van der Waals surface area (Å²) in [7, 11) is 0.